The van der Waals surface area contributed by atoms with Crippen LogP contribution in [0.15, 0.2) is 41.6 Å². The van der Waals surface area contributed by atoms with E-state index in [0.717, 1.165) is 5.56 Å². The van der Waals surface area contributed by atoms with E-state index in [1.54, 1.807) is 24.3 Å². The lowest BCUT2D eigenvalue weighted by molar-refractivity contribution is -0.125. The molecule has 0 spiro atoms. The summed E-state index contributed by atoms with van der Waals surface area (Å²) in [5.41, 5.74) is 1.59. The van der Waals surface area contributed by atoms with Crippen LogP contribution in [0.5, 0.6) is 11.5 Å². The Morgan fingerprint density at radius 3 is 2.63 bits per heavy atom. The molecule has 0 saturated heterocycles. The van der Waals surface area contributed by atoms with E-state index >= 15 is 0 Å². The van der Waals surface area contributed by atoms with Gasteiger partial charge in [0.25, 0.3) is 5.91 Å². The van der Waals surface area contributed by atoms with E-state index in [-0.39, 0.29) is 12.5 Å². The molecule has 0 fully saturated rings. The number of rotatable bonds is 9. The van der Waals surface area contributed by atoms with Crippen molar-refractivity contribution in [3.05, 3.63) is 57.6 Å². The average Bonchev–Trinajstić information content (AvgIpc) is 2.66. The van der Waals surface area contributed by atoms with E-state index < -0.39 is 0 Å². The van der Waals surface area contributed by atoms with Gasteiger partial charge < -0.3 is 19.6 Å². The Morgan fingerprint density at radius 1 is 1.22 bits per heavy atom. The van der Waals surface area contributed by atoms with Crippen molar-refractivity contribution in [1.82, 2.24) is 5.32 Å². The molecular formula is C19H20Cl2N2O4. The van der Waals surface area contributed by atoms with E-state index in [4.69, 9.17) is 37.5 Å². The molecule has 27 heavy (non-hydrogen) atoms. The molecule has 0 aromatic heterocycles. The van der Waals surface area contributed by atoms with Crippen LogP contribution in [0.1, 0.15) is 18.1 Å². The average molecular weight is 411 g/mol. The van der Waals surface area contributed by atoms with E-state index in [1.807, 2.05) is 19.1 Å². The Balaban J connectivity index is 1.83. The van der Waals surface area contributed by atoms with Gasteiger partial charge in [0.05, 0.1) is 25.0 Å². The SMILES string of the molecule is CCOc1c(Cl)cc(/C=N\OCC(=O)NCc2ccc(Cl)cc2)cc1OC. The first-order valence-electron chi connectivity index (χ1n) is 8.20. The molecule has 144 valence electrons. The molecular weight excluding hydrogens is 391 g/mol. The number of benzene rings is 2. The van der Waals surface area contributed by atoms with Gasteiger partial charge in [0, 0.05) is 17.1 Å². The van der Waals surface area contributed by atoms with Crippen LogP contribution < -0.4 is 14.8 Å². The first kappa shape index (κ1) is 20.9. The summed E-state index contributed by atoms with van der Waals surface area (Å²) in [5, 5.41) is 7.56. The zero-order valence-electron chi connectivity index (χ0n) is 15.0. The maximum absolute atomic E-state index is 11.8. The minimum absolute atomic E-state index is 0.202. The Bertz CT molecular complexity index is 795. The lowest BCUT2D eigenvalue weighted by atomic mass is 10.2. The van der Waals surface area contributed by atoms with Crippen LogP contribution in [-0.2, 0) is 16.2 Å². The highest BCUT2D eigenvalue weighted by atomic mass is 35.5. The standard InChI is InChI=1S/C19H20Cl2N2O4/c1-3-26-19-16(21)8-14(9-17(19)25-2)11-23-27-12-18(24)22-10-13-4-6-15(20)7-5-13/h4-9,11H,3,10,12H2,1-2H3,(H,22,24)/b23-11-. The van der Waals surface area contributed by atoms with Gasteiger partial charge in [-0.1, -0.05) is 40.5 Å². The Hall–Kier alpha value is -2.44. The molecule has 0 heterocycles. The van der Waals surface area contributed by atoms with Crippen molar-refractivity contribution in [2.45, 2.75) is 13.5 Å². The van der Waals surface area contributed by atoms with Crippen LogP contribution in [0.25, 0.3) is 0 Å². The molecule has 0 aliphatic carbocycles. The van der Waals surface area contributed by atoms with Crippen molar-refractivity contribution in [2.75, 3.05) is 20.3 Å². The van der Waals surface area contributed by atoms with E-state index in [0.29, 0.717) is 40.3 Å². The van der Waals surface area contributed by atoms with Gasteiger partial charge in [-0.2, -0.15) is 0 Å². The molecule has 0 aliphatic heterocycles. The topological polar surface area (TPSA) is 69.2 Å². The molecule has 0 unspecified atom stereocenters. The summed E-state index contributed by atoms with van der Waals surface area (Å²) in [6, 6.07) is 10.6. The van der Waals surface area contributed by atoms with Gasteiger partial charge in [-0.05, 0) is 36.8 Å². The summed E-state index contributed by atoms with van der Waals surface area (Å²) in [5.74, 6) is 0.678. The molecule has 1 N–H and O–H groups in total. The first-order valence-corrected chi connectivity index (χ1v) is 8.96. The zero-order valence-corrected chi connectivity index (χ0v) is 16.5. The Morgan fingerprint density at radius 2 is 1.96 bits per heavy atom. The van der Waals surface area contributed by atoms with Gasteiger partial charge in [-0.15, -0.1) is 0 Å². The monoisotopic (exact) mass is 410 g/mol. The largest absolute Gasteiger partial charge is 0.493 e. The van der Waals surface area contributed by atoms with Gasteiger partial charge in [0.2, 0.25) is 0 Å². The zero-order chi connectivity index (χ0) is 19.6. The molecule has 0 saturated carbocycles. The normalized spacial score (nSPS) is 10.7. The third-order valence-electron chi connectivity index (χ3n) is 3.42. The Labute approximate surface area is 168 Å². The summed E-state index contributed by atoms with van der Waals surface area (Å²) in [6.45, 7) is 2.51. The van der Waals surface area contributed by atoms with E-state index in [2.05, 4.69) is 10.5 Å². The van der Waals surface area contributed by atoms with Gasteiger partial charge in [-0.25, -0.2) is 0 Å². The number of carbonyl (C=O) groups excluding carboxylic acids is 1. The molecule has 8 heteroatoms. The number of halogens is 2. The number of hydrogen-bond acceptors (Lipinski definition) is 5. The number of nitrogens with one attached hydrogen (secondary N) is 1. The fourth-order valence-corrected chi connectivity index (χ4v) is 2.55. The predicted octanol–water partition coefficient (Wildman–Crippen LogP) is 4.07. The van der Waals surface area contributed by atoms with Crippen LogP contribution in [-0.4, -0.2) is 32.4 Å². The van der Waals surface area contributed by atoms with E-state index in [9.17, 15) is 4.79 Å². The van der Waals surface area contributed by atoms with Crippen LogP contribution in [0.2, 0.25) is 10.0 Å². The molecule has 0 radical (unpaired) electrons. The minimum Gasteiger partial charge on any atom is -0.493 e. The van der Waals surface area contributed by atoms with E-state index in [1.165, 1.54) is 13.3 Å². The molecule has 2 rings (SSSR count). The molecule has 0 atom stereocenters. The number of oxime groups is 1. The molecule has 1 amide bonds. The molecule has 0 bridgehead atoms. The second-order valence-electron chi connectivity index (χ2n) is 5.38. The summed E-state index contributed by atoms with van der Waals surface area (Å²) in [4.78, 5) is 16.8. The first-order chi connectivity index (χ1) is 13.0. The third kappa shape index (κ3) is 6.66. The van der Waals surface area contributed by atoms with Crippen LogP contribution in [0.3, 0.4) is 0 Å². The number of amides is 1. The van der Waals surface area contributed by atoms with Crippen molar-refractivity contribution in [1.29, 1.82) is 0 Å². The van der Waals surface area contributed by atoms with Gasteiger partial charge in [0.15, 0.2) is 18.1 Å². The van der Waals surface area contributed by atoms with Crippen molar-refractivity contribution in [3.63, 3.8) is 0 Å². The summed E-state index contributed by atoms with van der Waals surface area (Å²) in [6.07, 6.45) is 1.44. The van der Waals surface area contributed by atoms with Crippen LogP contribution in [0.4, 0.5) is 0 Å². The maximum Gasteiger partial charge on any atom is 0.261 e. The molecule has 2 aromatic rings. The lowest BCUT2D eigenvalue weighted by Gasteiger charge is -2.11. The van der Waals surface area contributed by atoms with Crippen LogP contribution in [0, 0.1) is 0 Å². The molecule has 0 aliphatic rings. The summed E-state index contributed by atoms with van der Waals surface area (Å²) < 4.78 is 10.7. The number of methoxy groups -OCH3 is 1. The minimum atomic E-state index is -0.288. The highest BCUT2D eigenvalue weighted by molar-refractivity contribution is 6.32. The van der Waals surface area contributed by atoms with Crippen molar-refractivity contribution >= 4 is 35.3 Å². The van der Waals surface area contributed by atoms with Gasteiger partial charge in [-0.3, -0.25) is 4.79 Å². The number of ether oxygens (including phenoxy) is 2. The number of carbonyl (C=O) groups is 1. The highest BCUT2D eigenvalue weighted by Crippen LogP contribution is 2.35. The smallest absolute Gasteiger partial charge is 0.261 e. The summed E-state index contributed by atoms with van der Waals surface area (Å²) >= 11 is 12.0. The fraction of sp³-hybridized carbons (Fsp3) is 0.263. The second kappa shape index (κ2) is 10.6. The lowest BCUT2D eigenvalue weighted by Crippen LogP contribution is -2.26. The maximum atomic E-state index is 11.8. The van der Waals surface area contributed by atoms with Gasteiger partial charge >= 0.3 is 0 Å². The second-order valence-corrected chi connectivity index (χ2v) is 6.22. The predicted molar refractivity (Wildman–Crippen MR) is 106 cm³/mol. The number of nitrogens with zero attached hydrogens (tertiary/aromatic N) is 1. The number of hydrogen-bond donors (Lipinski definition) is 1. The quantitative estimate of drug-likeness (QED) is 0.499. The Kier molecular flexibility index (Phi) is 8.23. The molecule has 2 aromatic carbocycles. The van der Waals surface area contributed by atoms with Gasteiger partial charge in [0.1, 0.15) is 0 Å². The van der Waals surface area contributed by atoms with Crippen molar-refractivity contribution in [2.24, 2.45) is 5.16 Å². The van der Waals surface area contributed by atoms with Crippen molar-refractivity contribution in [3.8, 4) is 11.5 Å². The third-order valence-corrected chi connectivity index (χ3v) is 3.95. The fourth-order valence-electron chi connectivity index (χ4n) is 2.15. The molecule has 6 nitrogen and oxygen atoms in total. The van der Waals surface area contributed by atoms with Crippen LogP contribution >= 0.6 is 23.2 Å². The van der Waals surface area contributed by atoms with Crippen molar-refractivity contribution < 1.29 is 19.1 Å². The summed E-state index contributed by atoms with van der Waals surface area (Å²) in [7, 11) is 1.52. The highest BCUT2D eigenvalue weighted by Gasteiger charge is 2.11.